The maximum atomic E-state index is 12.9. The van der Waals surface area contributed by atoms with Gasteiger partial charge in [0.15, 0.2) is 4.80 Å². The summed E-state index contributed by atoms with van der Waals surface area (Å²) >= 11 is 1.34. The number of sulfonamides is 1. The number of ether oxygens (including phenoxy) is 1. The summed E-state index contributed by atoms with van der Waals surface area (Å²) in [5, 5.41) is 0. The van der Waals surface area contributed by atoms with Crippen LogP contribution in [0.4, 0.5) is 0 Å². The summed E-state index contributed by atoms with van der Waals surface area (Å²) < 4.78 is 33.6. The van der Waals surface area contributed by atoms with E-state index in [2.05, 4.69) is 10.9 Å². The predicted molar refractivity (Wildman–Crippen MR) is 110 cm³/mol. The molecule has 1 unspecified atom stereocenters. The Morgan fingerprint density at radius 1 is 1.43 bits per heavy atom. The molecular formula is C19H23N3O4S2. The lowest BCUT2D eigenvalue weighted by Crippen LogP contribution is -2.47. The molecule has 3 rings (SSSR count). The summed E-state index contributed by atoms with van der Waals surface area (Å²) in [5.74, 6) is 2.87. The van der Waals surface area contributed by atoms with Gasteiger partial charge < -0.3 is 9.30 Å². The van der Waals surface area contributed by atoms with Crippen molar-refractivity contribution in [3.8, 4) is 18.1 Å². The second-order valence-electron chi connectivity index (χ2n) is 6.57. The van der Waals surface area contributed by atoms with Gasteiger partial charge in [-0.25, -0.2) is 8.42 Å². The number of amides is 1. The third kappa shape index (κ3) is 4.29. The van der Waals surface area contributed by atoms with Crippen LogP contribution < -0.4 is 9.54 Å². The molecule has 0 spiro atoms. The molecule has 0 saturated carbocycles. The Bertz CT molecular complexity index is 1090. The topological polar surface area (TPSA) is 81.0 Å². The van der Waals surface area contributed by atoms with Gasteiger partial charge in [0, 0.05) is 6.54 Å². The number of rotatable bonds is 5. The maximum Gasteiger partial charge on any atom is 0.266 e. The average Bonchev–Trinajstić information content (AvgIpc) is 2.98. The minimum atomic E-state index is -3.47. The van der Waals surface area contributed by atoms with Crippen LogP contribution in [-0.4, -0.2) is 48.6 Å². The SMILES string of the molecule is C#CCn1c(=NC(=O)C2CCCCN2S(C)(=O)=O)sc2cc(OCC)ccc21. The lowest BCUT2D eigenvalue weighted by atomic mass is 10.0. The molecule has 0 bridgehead atoms. The van der Waals surface area contributed by atoms with Crippen LogP contribution >= 0.6 is 11.3 Å². The van der Waals surface area contributed by atoms with Gasteiger partial charge in [0.2, 0.25) is 10.0 Å². The van der Waals surface area contributed by atoms with Crippen LogP contribution in [0.3, 0.4) is 0 Å². The lowest BCUT2D eigenvalue weighted by molar-refractivity contribution is -0.122. The zero-order valence-corrected chi connectivity index (χ0v) is 17.6. The number of hydrogen-bond acceptors (Lipinski definition) is 5. The van der Waals surface area contributed by atoms with Gasteiger partial charge in [-0.2, -0.15) is 9.30 Å². The predicted octanol–water partition coefficient (Wildman–Crippen LogP) is 1.98. The number of aromatic nitrogens is 1. The van der Waals surface area contributed by atoms with E-state index in [4.69, 9.17) is 11.2 Å². The van der Waals surface area contributed by atoms with Crippen LogP contribution in [0.2, 0.25) is 0 Å². The number of benzene rings is 1. The minimum absolute atomic E-state index is 0.264. The molecule has 1 saturated heterocycles. The molecule has 0 radical (unpaired) electrons. The van der Waals surface area contributed by atoms with Crippen molar-refractivity contribution in [2.24, 2.45) is 4.99 Å². The van der Waals surface area contributed by atoms with Crippen LogP contribution in [0.1, 0.15) is 26.2 Å². The van der Waals surface area contributed by atoms with Crippen molar-refractivity contribution < 1.29 is 17.9 Å². The minimum Gasteiger partial charge on any atom is -0.494 e. The molecule has 0 aliphatic carbocycles. The lowest BCUT2D eigenvalue weighted by Gasteiger charge is -2.31. The Morgan fingerprint density at radius 3 is 2.89 bits per heavy atom. The maximum absolute atomic E-state index is 12.9. The summed E-state index contributed by atoms with van der Waals surface area (Å²) in [6.07, 6.45) is 8.66. The molecule has 0 N–H and O–H groups in total. The molecule has 9 heteroatoms. The highest BCUT2D eigenvalue weighted by Gasteiger charge is 2.34. The van der Waals surface area contributed by atoms with Crippen LogP contribution in [-0.2, 0) is 21.4 Å². The average molecular weight is 422 g/mol. The molecule has 1 aliphatic rings. The van der Waals surface area contributed by atoms with Gasteiger partial charge in [-0.1, -0.05) is 23.7 Å². The molecular weight excluding hydrogens is 398 g/mol. The smallest absolute Gasteiger partial charge is 0.266 e. The molecule has 7 nitrogen and oxygen atoms in total. The van der Waals surface area contributed by atoms with E-state index in [1.54, 1.807) is 4.57 Å². The second kappa shape index (κ2) is 8.47. The number of piperidine rings is 1. The normalized spacial score (nSPS) is 18.9. The highest BCUT2D eigenvalue weighted by molar-refractivity contribution is 7.88. The molecule has 28 heavy (non-hydrogen) atoms. The molecule has 1 aromatic carbocycles. The van der Waals surface area contributed by atoms with Crippen LogP contribution in [0.5, 0.6) is 5.75 Å². The van der Waals surface area contributed by atoms with E-state index >= 15 is 0 Å². The Labute approximate surface area is 168 Å². The van der Waals surface area contributed by atoms with Gasteiger partial charge in [-0.05, 0) is 38.0 Å². The largest absolute Gasteiger partial charge is 0.494 e. The van der Waals surface area contributed by atoms with Gasteiger partial charge >= 0.3 is 0 Å². The number of thiazole rings is 1. The highest BCUT2D eigenvalue weighted by atomic mass is 32.2. The molecule has 1 atom stereocenters. The summed E-state index contributed by atoms with van der Waals surface area (Å²) in [6.45, 7) is 3.08. The van der Waals surface area contributed by atoms with Crippen molar-refractivity contribution in [2.75, 3.05) is 19.4 Å². The standard InChI is InChI=1S/C19H23N3O4S2/c1-4-11-21-15-10-9-14(26-5-2)13-17(15)27-19(21)20-18(23)16-8-6-7-12-22(16)28(3,24)25/h1,9-10,13,16H,5-8,11-12H2,2-3H3. The number of terminal acetylenes is 1. The number of hydrogen-bond donors (Lipinski definition) is 0. The van der Waals surface area contributed by atoms with Crippen molar-refractivity contribution >= 4 is 37.5 Å². The van der Waals surface area contributed by atoms with Crippen molar-refractivity contribution in [2.45, 2.75) is 38.8 Å². The Hall–Kier alpha value is -2.15. The summed E-state index contributed by atoms with van der Waals surface area (Å²) in [7, 11) is -3.47. The molecule has 1 aliphatic heterocycles. The molecule has 1 amide bonds. The van der Waals surface area contributed by atoms with E-state index in [0.717, 1.165) is 35.1 Å². The van der Waals surface area contributed by atoms with Crippen LogP contribution in [0.25, 0.3) is 10.2 Å². The van der Waals surface area contributed by atoms with Crippen molar-refractivity contribution in [1.29, 1.82) is 0 Å². The van der Waals surface area contributed by atoms with Crippen molar-refractivity contribution in [1.82, 2.24) is 8.87 Å². The number of fused-ring (bicyclic) bond motifs is 1. The van der Waals surface area contributed by atoms with Gasteiger partial charge in [0.05, 0.1) is 29.6 Å². The molecule has 1 aromatic heterocycles. The Kier molecular flexibility index (Phi) is 6.23. The van der Waals surface area contributed by atoms with Crippen LogP contribution in [0, 0.1) is 12.3 Å². The fraction of sp³-hybridized carbons (Fsp3) is 0.474. The molecule has 1 fully saturated rings. The first-order chi connectivity index (χ1) is 13.3. The first kappa shape index (κ1) is 20.6. The Morgan fingerprint density at radius 2 is 2.21 bits per heavy atom. The van der Waals surface area contributed by atoms with Gasteiger partial charge in [0.1, 0.15) is 11.8 Å². The molecule has 2 heterocycles. The monoisotopic (exact) mass is 421 g/mol. The summed E-state index contributed by atoms with van der Waals surface area (Å²) in [5.41, 5.74) is 0.863. The van der Waals surface area contributed by atoms with Gasteiger partial charge in [0.25, 0.3) is 5.91 Å². The van der Waals surface area contributed by atoms with E-state index in [0.29, 0.717) is 24.4 Å². The third-order valence-corrected chi connectivity index (χ3v) is 6.92. The molecule has 150 valence electrons. The molecule has 2 aromatic rings. The highest BCUT2D eigenvalue weighted by Crippen LogP contribution is 2.24. The Balaban J connectivity index is 2.05. The first-order valence-electron chi connectivity index (χ1n) is 9.10. The van der Waals surface area contributed by atoms with E-state index in [1.165, 1.54) is 15.6 Å². The van der Waals surface area contributed by atoms with Crippen LogP contribution in [0.15, 0.2) is 23.2 Å². The third-order valence-electron chi connectivity index (χ3n) is 4.59. The van der Waals surface area contributed by atoms with E-state index < -0.39 is 22.0 Å². The number of carbonyl (C=O) groups excluding carboxylic acids is 1. The van der Waals surface area contributed by atoms with Crippen molar-refractivity contribution in [3.63, 3.8) is 0 Å². The fourth-order valence-corrected chi connectivity index (χ4v) is 5.54. The van der Waals surface area contributed by atoms with Crippen molar-refractivity contribution in [3.05, 3.63) is 23.0 Å². The second-order valence-corrected chi connectivity index (χ2v) is 9.52. The zero-order valence-electron chi connectivity index (χ0n) is 15.9. The summed E-state index contributed by atoms with van der Waals surface area (Å²) in [6, 6.07) is 4.88. The quantitative estimate of drug-likeness (QED) is 0.692. The zero-order chi connectivity index (χ0) is 20.3. The fourth-order valence-electron chi connectivity index (χ4n) is 3.36. The van der Waals surface area contributed by atoms with E-state index in [-0.39, 0.29) is 6.54 Å². The number of carbonyl (C=O) groups is 1. The first-order valence-corrected chi connectivity index (χ1v) is 11.8. The van der Waals surface area contributed by atoms with Gasteiger partial charge in [-0.15, -0.1) is 6.42 Å². The van der Waals surface area contributed by atoms with E-state index in [1.807, 2.05) is 25.1 Å². The summed E-state index contributed by atoms with van der Waals surface area (Å²) in [4.78, 5) is 17.6. The van der Waals surface area contributed by atoms with E-state index in [9.17, 15) is 13.2 Å². The number of nitrogens with zero attached hydrogens (tertiary/aromatic N) is 3. The van der Waals surface area contributed by atoms with Gasteiger partial charge in [-0.3, -0.25) is 4.79 Å².